The molecule has 1 atom stereocenters. The lowest BCUT2D eigenvalue weighted by Crippen LogP contribution is -2.15. The summed E-state index contributed by atoms with van der Waals surface area (Å²) < 4.78 is 0. The first-order valence-corrected chi connectivity index (χ1v) is 6.61. The van der Waals surface area contributed by atoms with Gasteiger partial charge in [-0.2, -0.15) is 0 Å². The third-order valence-electron chi connectivity index (χ3n) is 3.94. The van der Waals surface area contributed by atoms with E-state index in [0.29, 0.717) is 18.1 Å². The average Bonchev–Trinajstić information content (AvgIpc) is 3.22. The number of rotatable bonds is 4. The van der Waals surface area contributed by atoms with Gasteiger partial charge in [0.05, 0.1) is 5.52 Å². The molecule has 2 heteroatoms. The smallest absolute Gasteiger partial charge is 0.140 e. The number of fused-ring (bicyclic) bond motifs is 1. The molecule has 1 aliphatic rings. The lowest BCUT2D eigenvalue weighted by Gasteiger charge is -2.10. The third kappa shape index (κ3) is 2.15. The highest BCUT2D eigenvalue weighted by Crippen LogP contribution is 2.37. The van der Waals surface area contributed by atoms with Crippen LogP contribution in [0.3, 0.4) is 0 Å². The Labute approximate surface area is 107 Å². The van der Waals surface area contributed by atoms with Gasteiger partial charge in [-0.05, 0) is 36.5 Å². The predicted molar refractivity (Wildman–Crippen MR) is 72.3 cm³/mol. The summed E-state index contributed by atoms with van der Waals surface area (Å²) in [4.78, 5) is 16.5. The summed E-state index contributed by atoms with van der Waals surface area (Å²) in [6, 6.07) is 10.00. The van der Waals surface area contributed by atoms with Crippen molar-refractivity contribution < 1.29 is 4.79 Å². The van der Waals surface area contributed by atoms with Crippen molar-refractivity contribution in [3.63, 3.8) is 0 Å². The highest BCUT2D eigenvalue weighted by molar-refractivity contribution is 5.90. The molecule has 1 saturated carbocycles. The number of hydrogen-bond acceptors (Lipinski definition) is 2. The van der Waals surface area contributed by atoms with Crippen LogP contribution in [0, 0.1) is 11.8 Å². The Kier molecular flexibility index (Phi) is 2.86. The molecule has 2 nitrogen and oxygen atoms in total. The zero-order valence-corrected chi connectivity index (χ0v) is 10.6. The molecule has 92 valence electrons. The third-order valence-corrected chi connectivity index (χ3v) is 3.94. The normalized spacial score (nSPS) is 16.7. The first-order valence-electron chi connectivity index (χ1n) is 6.61. The van der Waals surface area contributed by atoms with Gasteiger partial charge >= 0.3 is 0 Å². The van der Waals surface area contributed by atoms with Crippen LogP contribution in [0.15, 0.2) is 36.5 Å². The van der Waals surface area contributed by atoms with E-state index in [1.807, 2.05) is 30.3 Å². The van der Waals surface area contributed by atoms with E-state index in [4.69, 9.17) is 0 Å². The van der Waals surface area contributed by atoms with Crippen molar-refractivity contribution in [3.05, 3.63) is 42.1 Å². The van der Waals surface area contributed by atoms with Gasteiger partial charge in [-0.15, -0.1) is 0 Å². The highest BCUT2D eigenvalue weighted by Gasteiger charge is 2.32. The molecule has 1 aromatic heterocycles. The van der Waals surface area contributed by atoms with Crippen LogP contribution in [-0.4, -0.2) is 10.8 Å². The molecule has 0 spiro atoms. The Morgan fingerprint density at radius 2 is 2.11 bits per heavy atom. The number of carbonyl (C=O) groups is 1. The monoisotopic (exact) mass is 239 g/mol. The van der Waals surface area contributed by atoms with Gasteiger partial charge in [0.1, 0.15) is 5.78 Å². The molecule has 2 aromatic rings. The minimum absolute atomic E-state index is 0.219. The number of carbonyl (C=O) groups excluding carboxylic acids is 1. The number of benzene rings is 1. The fourth-order valence-corrected chi connectivity index (χ4v) is 2.52. The van der Waals surface area contributed by atoms with Crippen molar-refractivity contribution in [2.75, 3.05) is 0 Å². The molecular weight excluding hydrogens is 222 g/mol. The second-order valence-corrected chi connectivity index (χ2v) is 5.26. The maximum Gasteiger partial charge on any atom is 0.140 e. The molecule has 0 bridgehead atoms. The highest BCUT2D eigenvalue weighted by atomic mass is 16.1. The van der Waals surface area contributed by atoms with Crippen LogP contribution in [0.4, 0.5) is 0 Å². The zero-order valence-electron chi connectivity index (χ0n) is 10.6. The van der Waals surface area contributed by atoms with Crippen molar-refractivity contribution in [2.45, 2.75) is 26.2 Å². The minimum atomic E-state index is 0.219. The molecule has 18 heavy (non-hydrogen) atoms. The Hall–Kier alpha value is -1.70. The van der Waals surface area contributed by atoms with Crippen molar-refractivity contribution >= 4 is 16.7 Å². The fourth-order valence-electron chi connectivity index (χ4n) is 2.52. The van der Waals surface area contributed by atoms with Crippen molar-refractivity contribution in [3.8, 4) is 0 Å². The van der Waals surface area contributed by atoms with E-state index in [0.717, 1.165) is 16.5 Å². The number of hydrogen-bond donors (Lipinski definition) is 0. The summed E-state index contributed by atoms with van der Waals surface area (Å²) in [5.41, 5.74) is 2.08. The maximum atomic E-state index is 12.2. The summed E-state index contributed by atoms with van der Waals surface area (Å²) in [6.45, 7) is 2.07. The van der Waals surface area contributed by atoms with Crippen LogP contribution in [0.5, 0.6) is 0 Å². The molecule has 0 saturated heterocycles. The number of Topliss-reactive ketones (excluding diaryl/α,β-unsaturated/α-hetero) is 1. The van der Waals surface area contributed by atoms with E-state index in [-0.39, 0.29) is 5.92 Å². The molecule has 1 fully saturated rings. The van der Waals surface area contributed by atoms with Crippen molar-refractivity contribution in [2.24, 2.45) is 11.8 Å². The van der Waals surface area contributed by atoms with Crippen LogP contribution in [0.25, 0.3) is 10.9 Å². The van der Waals surface area contributed by atoms with Gasteiger partial charge < -0.3 is 0 Å². The van der Waals surface area contributed by atoms with E-state index in [2.05, 4.69) is 11.9 Å². The maximum absolute atomic E-state index is 12.2. The molecule has 1 unspecified atom stereocenters. The molecule has 0 aliphatic heterocycles. The van der Waals surface area contributed by atoms with Gasteiger partial charge in [-0.3, -0.25) is 9.78 Å². The minimum Gasteiger partial charge on any atom is -0.299 e. The van der Waals surface area contributed by atoms with E-state index in [9.17, 15) is 4.79 Å². The summed E-state index contributed by atoms with van der Waals surface area (Å²) in [5.74, 6) is 1.23. The SMILES string of the molecule is CC(C(=O)Cc1ccnc2ccccc12)C1CC1. The van der Waals surface area contributed by atoms with Gasteiger partial charge in [0.25, 0.3) is 0 Å². The molecule has 1 heterocycles. The first-order chi connectivity index (χ1) is 8.75. The number of aromatic nitrogens is 1. The second-order valence-electron chi connectivity index (χ2n) is 5.26. The summed E-state index contributed by atoms with van der Waals surface area (Å²) >= 11 is 0. The van der Waals surface area contributed by atoms with Gasteiger partial charge in [-0.25, -0.2) is 0 Å². The van der Waals surface area contributed by atoms with Gasteiger partial charge in [-0.1, -0.05) is 25.1 Å². The Balaban J connectivity index is 1.87. The topological polar surface area (TPSA) is 30.0 Å². The van der Waals surface area contributed by atoms with Crippen LogP contribution >= 0.6 is 0 Å². The molecule has 0 radical (unpaired) electrons. The van der Waals surface area contributed by atoms with E-state index in [1.165, 1.54) is 12.8 Å². The van der Waals surface area contributed by atoms with Crippen molar-refractivity contribution in [1.82, 2.24) is 4.98 Å². The number of pyridine rings is 1. The molecule has 1 aromatic carbocycles. The van der Waals surface area contributed by atoms with Crippen LogP contribution in [0.2, 0.25) is 0 Å². The zero-order chi connectivity index (χ0) is 12.5. The van der Waals surface area contributed by atoms with E-state index >= 15 is 0 Å². The fraction of sp³-hybridized carbons (Fsp3) is 0.375. The first kappa shape index (κ1) is 11.4. The Morgan fingerprint density at radius 3 is 2.89 bits per heavy atom. The Morgan fingerprint density at radius 1 is 1.33 bits per heavy atom. The number of nitrogens with zero attached hydrogens (tertiary/aromatic N) is 1. The Bertz CT molecular complexity index is 581. The summed E-state index contributed by atoms with van der Waals surface area (Å²) in [6.07, 6.45) is 4.79. The predicted octanol–water partition coefficient (Wildman–Crippen LogP) is 3.39. The number of ketones is 1. The molecule has 3 rings (SSSR count). The lowest BCUT2D eigenvalue weighted by atomic mass is 9.94. The van der Waals surface area contributed by atoms with E-state index < -0.39 is 0 Å². The van der Waals surface area contributed by atoms with Crippen LogP contribution < -0.4 is 0 Å². The van der Waals surface area contributed by atoms with Crippen LogP contribution in [-0.2, 0) is 11.2 Å². The molecule has 1 aliphatic carbocycles. The molecular formula is C16H17NO. The lowest BCUT2D eigenvalue weighted by molar-refractivity contribution is -0.122. The van der Waals surface area contributed by atoms with E-state index in [1.54, 1.807) is 6.20 Å². The number of para-hydroxylation sites is 1. The molecule has 0 amide bonds. The molecule has 0 N–H and O–H groups in total. The quantitative estimate of drug-likeness (QED) is 0.818. The average molecular weight is 239 g/mol. The van der Waals surface area contributed by atoms with Gasteiger partial charge in [0, 0.05) is 23.9 Å². The largest absolute Gasteiger partial charge is 0.299 e. The van der Waals surface area contributed by atoms with Crippen molar-refractivity contribution in [1.29, 1.82) is 0 Å². The van der Waals surface area contributed by atoms with Gasteiger partial charge in [0.15, 0.2) is 0 Å². The van der Waals surface area contributed by atoms with Gasteiger partial charge in [0.2, 0.25) is 0 Å². The standard InChI is InChI=1S/C16H17NO/c1-11(12-6-7-12)16(18)10-13-8-9-17-15-5-3-2-4-14(13)15/h2-5,8-9,11-12H,6-7,10H2,1H3. The second kappa shape index (κ2) is 4.52. The summed E-state index contributed by atoms with van der Waals surface area (Å²) in [7, 11) is 0. The summed E-state index contributed by atoms with van der Waals surface area (Å²) in [5, 5.41) is 1.11. The van der Waals surface area contributed by atoms with Crippen LogP contribution in [0.1, 0.15) is 25.3 Å².